The first kappa shape index (κ1) is 15.9. The second-order valence-corrected chi connectivity index (χ2v) is 6.93. The molecule has 0 unspecified atom stereocenters. The molecule has 102 valence electrons. The number of nitrogens with zero attached hydrogens (tertiary/aromatic N) is 1. The van der Waals surface area contributed by atoms with E-state index < -0.39 is 15.6 Å². The van der Waals surface area contributed by atoms with E-state index in [4.69, 9.17) is 11.6 Å². The third-order valence-electron chi connectivity index (χ3n) is 2.95. The summed E-state index contributed by atoms with van der Waals surface area (Å²) in [6, 6.07) is 1.51. The molecule has 1 N–H and O–H groups in total. The average Bonchev–Trinajstić information content (AvgIpc) is 2.36. The van der Waals surface area contributed by atoms with E-state index in [1.807, 2.05) is 13.8 Å². The Bertz CT molecular complexity index is 495. The van der Waals surface area contributed by atoms with Crippen LogP contribution in [0, 0.1) is 0 Å². The van der Waals surface area contributed by atoms with Crippen LogP contribution in [0.4, 0.5) is 0 Å². The molecular weight excluding hydrogens is 340 g/mol. The number of nitrogens with one attached hydrogen (secondary N) is 1. The molecule has 0 radical (unpaired) electrons. The molecular formula is C11H16BrClN2O2S. The van der Waals surface area contributed by atoms with Gasteiger partial charge in [0.1, 0.15) is 4.90 Å². The van der Waals surface area contributed by atoms with E-state index in [0.717, 1.165) is 0 Å². The van der Waals surface area contributed by atoms with Gasteiger partial charge in [-0.25, -0.2) is 13.1 Å². The lowest BCUT2D eigenvalue weighted by Gasteiger charge is -2.30. The molecule has 0 bridgehead atoms. The molecule has 7 heteroatoms. The molecule has 1 aromatic rings. The Morgan fingerprint density at radius 3 is 2.44 bits per heavy atom. The molecule has 0 aliphatic rings. The maximum Gasteiger partial charge on any atom is 0.242 e. The molecule has 0 aliphatic carbocycles. The molecule has 0 aliphatic heterocycles. The highest BCUT2D eigenvalue weighted by molar-refractivity contribution is 9.10. The Labute approximate surface area is 121 Å². The zero-order valence-corrected chi connectivity index (χ0v) is 13.4. The predicted octanol–water partition coefficient (Wildman–Crippen LogP) is 2.92. The van der Waals surface area contributed by atoms with Crippen LogP contribution in [-0.2, 0) is 10.0 Å². The van der Waals surface area contributed by atoms with Gasteiger partial charge in [0.15, 0.2) is 0 Å². The summed E-state index contributed by atoms with van der Waals surface area (Å²) in [5, 5.41) is 0. The van der Waals surface area contributed by atoms with Gasteiger partial charge in [-0.1, -0.05) is 13.8 Å². The number of hydrogen-bond acceptors (Lipinski definition) is 3. The molecule has 0 aromatic carbocycles. The minimum absolute atomic E-state index is 0.133. The monoisotopic (exact) mass is 354 g/mol. The minimum atomic E-state index is -3.60. The van der Waals surface area contributed by atoms with E-state index in [0.29, 0.717) is 17.3 Å². The highest BCUT2D eigenvalue weighted by Crippen LogP contribution is 2.22. The van der Waals surface area contributed by atoms with Crippen molar-refractivity contribution in [2.45, 2.75) is 37.1 Å². The van der Waals surface area contributed by atoms with E-state index in [9.17, 15) is 8.42 Å². The Kier molecular flexibility index (Phi) is 5.58. The molecule has 0 atom stereocenters. The number of halogens is 2. The maximum atomic E-state index is 12.2. The fraction of sp³-hybridized carbons (Fsp3) is 0.545. The number of sulfonamides is 1. The van der Waals surface area contributed by atoms with Gasteiger partial charge in [0.2, 0.25) is 10.0 Å². The molecule has 1 heterocycles. The van der Waals surface area contributed by atoms with Crippen molar-refractivity contribution in [1.82, 2.24) is 9.71 Å². The lowest BCUT2D eigenvalue weighted by Crippen LogP contribution is -2.49. The highest BCUT2D eigenvalue weighted by Gasteiger charge is 2.31. The molecule has 0 spiro atoms. The first-order chi connectivity index (χ1) is 8.39. The fourth-order valence-corrected chi connectivity index (χ4v) is 4.06. The van der Waals surface area contributed by atoms with Crippen molar-refractivity contribution < 1.29 is 8.42 Å². The summed E-state index contributed by atoms with van der Waals surface area (Å²) in [6.45, 7) is 3.82. The molecule has 0 saturated carbocycles. The second-order valence-electron chi connectivity index (χ2n) is 4.07. The van der Waals surface area contributed by atoms with Gasteiger partial charge in [0.25, 0.3) is 0 Å². The van der Waals surface area contributed by atoms with Gasteiger partial charge in [-0.05, 0) is 34.8 Å². The van der Waals surface area contributed by atoms with Crippen LogP contribution in [0.1, 0.15) is 26.7 Å². The van der Waals surface area contributed by atoms with Crippen LogP contribution < -0.4 is 4.72 Å². The number of aromatic nitrogens is 1. The van der Waals surface area contributed by atoms with E-state index in [-0.39, 0.29) is 10.8 Å². The number of hydrogen-bond donors (Lipinski definition) is 1. The van der Waals surface area contributed by atoms with Crippen molar-refractivity contribution in [3.8, 4) is 0 Å². The largest absolute Gasteiger partial charge is 0.262 e. The Balaban J connectivity index is 3.08. The van der Waals surface area contributed by atoms with E-state index in [2.05, 4.69) is 25.6 Å². The normalized spacial score (nSPS) is 12.7. The lowest BCUT2D eigenvalue weighted by atomic mass is 9.97. The minimum Gasteiger partial charge on any atom is -0.262 e. The van der Waals surface area contributed by atoms with Crippen LogP contribution in [0.2, 0.25) is 0 Å². The predicted molar refractivity (Wildman–Crippen MR) is 76.3 cm³/mol. The van der Waals surface area contributed by atoms with Gasteiger partial charge in [-0.2, -0.15) is 0 Å². The number of alkyl halides is 1. The molecule has 1 rings (SSSR count). The summed E-state index contributed by atoms with van der Waals surface area (Å²) >= 11 is 9.10. The summed E-state index contributed by atoms with van der Waals surface area (Å²) in [5.74, 6) is 0.237. The van der Waals surface area contributed by atoms with Crippen LogP contribution in [-0.4, -0.2) is 24.8 Å². The average molecular weight is 356 g/mol. The van der Waals surface area contributed by atoms with Gasteiger partial charge >= 0.3 is 0 Å². The topological polar surface area (TPSA) is 59.1 Å². The first-order valence-corrected chi connectivity index (χ1v) is 8.40. The zero-order valence-electron chi connectivity index (χ0n) is 10.3. The molecule has 1 aromatic heterocycles. The summed E-state index contributed by atoms with van der Waals surface area (Å²) in [5.41, 5.74) is -0.608. The van der Waals surface area contributed by atoms with Gasteiger partial charge < -0.3 is 0 Å². The summed E-state index contributed by atoms with van der Waals surface area (Å²) in [6.07, 6.45) is 4.12. The summed E-state index contributed by atoms with van der Waals surface area (Å²) in [4.78, 5) is 3.99. The second kappa shape index (κ2) is 6.32. The Morgan fingerprint density at radius 1 is 1.39 bits per heavy atom. The third-order valence-corrected chi connectivity index (χ3v) is 5.44. The standard InChI is InChI=1S/C11H16BrClN2O2S/c1-3-11(4-2,8-13)15-18(16,17)10-5-9(12)6-14-7-10/h5-7,15H,3-4,8H2,1-2H3. The Morgan fingerprint density at radius 2 is 2.00 bits per heavy atom. The lowest BCUT2D eigenvalue weighted by molar-refractivity contribution is 0.394. The van der Waals surface area contributed by atoms with Gasteiger partial charge in [-0.15, -0.1) is 11.6 Å². The fourth-order valence-electron chi connectivity index (χ4n) is 1.49. The van der Waals surface area contributed by atoms with E-state index in [1.54, 1.807) is 0 Å². The molecule has 4 nitrogen and oxygen atoms in total. The van der Waals surface area contributed by atoms with Crippen LogP contribution in [0.3, 0.4) is 0 Å². The van der Waals surface area contributed by atoms with Crippen molar-refractivity contribution in [3.63, 3.8) is 0 Å². The van der Waals surface area contributed by atoms with Crippen molar-refractivity contribution >= 4 is 37.6 Å². The van der Waals surface area contributed by atoms with Gasteiger partial charge in [0, 0.05) is 28.3 Å². The van der Waals surface area contributed by atoms with Crippen LogP contribution in [0.15, 0.2) is 27.8 Å². The number of pyridine rings is 1. The maximum absolute atomic E-state index is 12.2. The van der Waals surface area contributed by atoms with E-state index in [1.165, 1.54) is 18.5 Å². The van der Waals surface area contributed by atoms with Crippen molar-refractivity contribution in [1.29, 1.82) is 0 Å². The number of rotatable bonds is 6. The summed E-state index contributed by atoms with van der Waals surface area (Å²) in [7, 11) is -3.60. The highest BCUT2D eigenvalue weighted by atomic mass is 79.9. The van der Waals surface area contributed by atoms with Crippen molar-refractivity contribution in [2.75, 3.05) is 5.88 Å². The quantitative estimate of drug-likeness (QED) is 0.798. The van der Waals surface area contributed by atoms with E-state index >= 15 is 0 Å². The Hall–Kier alpha value is -0.170. The first-order valence-electron chi connectivity index (χ1n) is 5.59. The smallest absolute Gasteiger partial charge is 0.242 e. The zero-order chi connectivity index (χ0) is 13.8. The molecule has 0 saturated heterocycles. The van der Waals surface area contributed by atoms with Crippen molar-refractivity contribution in [2.24, 2.45) is 0 Å². The molecule has 0 amide bonds. The summed E-state index contributed by atoms with van der Waals surface area (Å²) < 4.78 is 27.8. The third kappa shape index (κ3) is 3.66. The van der Waals surface area contributed by atoms with Gasteiger partial charge in [-0.3, -0.25) is 4.98 Å². The molecule has 0 fully saturated rings. The SMILES string of the molecule is CCC(CC)(CCl)NS(=O)(=O)c1cncc(Br)c1. The van der Waals surface area contributed by atoms with Gasteiger partial charge in [0.05, 0.1) is 0 Å². The van der Waals surface area contributed by atoms with Crippen LogP contribution >= 0.6 is 27.5 Å². The van der Waals surface area contributed by atoms with Crippen LogP contribution in [0.5, 0.6) is 0 Å². The molecule has 18 heavy (non-hydrogen) atoms. The van der Waals surface area contributed by atoms with Crippen molar-refractivity contribution in [3.05, 3.63) is 22.9 Å². The van der Waals surface area contributed by atoms with Crippen LogP contribution in [0.25, 0.3) is 0 Å².